The van der Waals surface area contributed by atoms with Gasteiger partial charge in [-0.15, -0.1) is 0 Å². The molecular weight excluding hydrogens is 426 g/mol. The van der Waals surface area contributed by atoms with Crippen molar-refractivity contribution in [3.63, 3.8) is 0 Å². The number of hydrogen-bond acceptors (Lipinski definition) is 5. The number of piperidine rings is 2. The van der Waals surface area contributed by atoms with E-state index >= 15 is 0 Å². The number of ether oxygens (including phenoxy) is 1. The molecule has 0 unspecified atom stereocenters. The predicted octanol–water partition coefficient (Wildman–Crippen LogP) is 3.89. The van der Waals surface area contributed by atoms with Crippen LogP contribution in [0.25, 0.3) is 0 Å². The van der Waals surface area contributed by atoms with Crippen LogP contribution in [-0.4, -0.2) is 59.5 Å². The molecule has 0 bridgehead atoms. The number of ketones is 1. The third-order valence-electron chi connectivity index (χ3n) is 10.5. The molecular formula is C28H39N3O3. The fraction of sp³-hybridized carbons (Fsp3) is 0.714. The van der Waals surface area contributed by atoms with Crippen molar-refractivity contribution in [1.29, 1.82) is 0 Å². The van der Waals surface area contributed by atoms with Crippen LogP contribution in [0.2, 0.25) is 0 Å². The van der Waals surface area contributed by atoms with Crippen molar-refractivity contribution in [2.45, 2.75) is 101 Å². The number of epoxide rings is 1. The van der Waals surface area contributed by atoms with Gasteiger partial charge in [-0.1, -0.05) is 32.4 Å². The number of fused-ring (bicyclic) bond motifs is 4. The molecule has 0 aromatic heterocycles. The molecule has 4 aliphatic heterocycles. The summed E-state index contributed by atoms with van der Waals surface area (Å²) >= 11 is 0. The highest BCUT2D eigenvalue weighted by Gasteiger charge is 2.72. The number of anilines is 1. The monoisotopic (exact) mass is 465 g/mol. The molecule has 4 heterocycles. The number of nitrogens with zero attached hydrogens (tertiary/aromatic N) is 1. The summed E-state index contributed by atoms with van der Waals surface area (Å²) in [6.07, 6.45) is 5.23. The predicted molar refractivity (Wildman–Crippen MR) is 132 cm³/mol. The molecule has 6 heteroatoms. The van der Waals surface area contributed by atoms with E-state index in [0.29, 0.717) is 29.3 Å². The van der Waals surface area contributed by atoms with Crippen molar-refractivity contribution in [3.8, 4) is 0 Å². The quantitative estimate of drug-likeness (QED) is 0.523. The van der Waals surface area contributed by atoms with Gasteiger partial charge in [-0.05, 0) is 76.5 Å². The smallest absolute Gasteiger partial charge is 0.235 e. The van der Waals surface area contributed by atoms with Crippen molar-refractivity contribution < 1.29 is 14.3 Å². The van der Waals surface area contributed by atoms with Crippen molar-refractivity contribution in [3.05, 3.63) is 29.3 Å². The lowest BCUT2D eigenvalue weighted by atomic mass is 9.59. The second kappa shape index (κ2) is 6.92. The number of para-hydroxylation sites is 1. The number of rotatable bonds is 3. The molecule has 1 aliphatic carbocycles. The van der Waals surface area contributed by atoms with Crippen LogP contribution in [0.3, 0.4) is 0 Å². The summed E-state index contributed by atoms with van der Waals surface area (Å²) in [7, 11) is 2.08. The first-order chi connectivity index (χ1) is 16.0. The van der Waals surface area contributed by atoms with E-state index in [-0.39, 0.29) is 22.6 Å². The molecule has 1 saturated carbocycles. The van der Waals surface area contributed by atoms with Crippen molar-refractivity contribution in [1.82, 2.24) is 10.2 Å². The standard InChI is InChI=1S/C28H39N3O3/c1-16-9-7-10-17-13-20-25(2,3)28(14-27(20,29-6)15-31(16)17)19-12-8-11-18(21(19)30-24(28)33)22(32)23-26(4,5)34-23/h8,11-12,16-17,20,23,29H,7,9-10,13-15H2,1-6H3,(H,30,33)/t16-,17+,20+,23+,27+,28-/m0/s1. The van der Waals surface area contributed by atoms with Crippen LogP contribution in [-0.2, 0) is 14.9 Å². The molecule has 5 aliphatic rings. The fourth-order valence-electron chi connectivity index (χ4n) is 8.50. The van der Waals surface area contributed by atoms with E-state index in [1.54, 1.807) is 0 Å². The summed E-state index contributed by atoms with van der Waals surface area (Å²) in [5.74, 6) is 0.402. The summed E-state index contributed by atoms with van der Waals surface area (Å²) in [6.45, 7) is 11.8. The zero-order valence-electron chi connectivity index (χ0n) is 21.5. The topological polar surface area (TPSA) is 74.0 Å². The van der Waals surface area contributed by atoms with Crippen LogP contribution < -0.4 is 10.6 Å². The van der Waals surface area contributed by atoms with Crippen LogP contribution in [0.1, 0.15) is 82.6 Å². The minimum absolute atomic E-state index is 0.0262. The van der Waals surface area contributed by atoms with Gasteiger partial charge in [-0.3, -0.25) is 14.5 Å². The highest BCUT2D eigenvalue weighted by Crippen LogP contribution is 2.67. The zero-order chi connectivity index (χ0) is 24.3. The normalized spacial score (nSPS) is 41.5. The Kier molecular flexibility index (Phi) is 4.62. The maximum absolute atomic E-state index is 14.0. The molecule has 2 N–H and O–H groups in total. The maximum atomic E-state index is 14.0. The SMILES string of the molecule is CN[C@]12CN3[C@H](CCC[C@@H]3C)C[C@@H]1C(C)(C)[C@]1(C2)C(=O)Nc2c(C(=O)[C@H]3OC3(C)C)cccc21. The minimum Gasteiger partial charge on any atom is -0.358 e. The van der Waals surface area contributed by atoms with Gasteiger partial charge in [0.2, 0.25) is 5.91 Å². The van der Waals surface area contributed by atoms with Gasteiger partial charge in [0.05, 0.1) is 16.7 Å². The average Bonchev–Trinajstić information content (AvgIpc) is 3.25. The van der Waals surface area contributed by atoms with E-state index in [1.165, 1.54) is 19.3 Å². The van der Waals surface area contributed by atoms with Crippen molar-refractivity contribution in [2.24, 2.45) is 11.3 Å². The average molecular weight is 466 g/mol. The molecule has 3 saturated heterocycles. The third kappa shape index (κ3) is 2.68. The first-order valence-electron chi connectivity index (χ1n) is 13.1. The number of nitrogens with one attached hydrogen (secondary N) is 2. The molecule has 6 rings (SSSR count). The Labute approximate surface area is 203 Å². The molecule has 184 valence electrons. The number of Topliss-reactive ketones (excluding diaryl/α,β-unsaturated/α-hetero) is 1. The number of carbonyl (C=O) groups excluding carboxylic acids is 2. The second-order valence-electron chi connectivity index (χ2n) is 12.8. The Balaban J connectivity index is 1.46. The Hall–Kier alpha value is -1.76. The Bertz CT molecular complexity index is 1080. The largest absolute Gasteiger partial charge is 0.358 e. The Morgan fingerprint density at radius 2 is 1.94 bits per heavy atom. The van der Waals surface area contributed by atoms with E-state index in [9.17, 15) is 9.59 Å². The molecule has 4 fully saturated rings. The van der Waals surface area contributed by atoms with Gasteiger partial charge in [-0.25, -0.2) is 0 Å². The summed E-state index contributed by atoms with van der Waals surface area (Å²) in [6, 6.07) is 7.07. The molecule has 1 spiro atoms. The van der Waals surface area contributed by atoms with E-state index < -0.39 is 17.1 Å². The third-order valence-corrected chi connectivity index (χ3v) is 10.5. The van der Waals surface area contributed by atoms with Crippen LogP contribution >= 0.6 is 0 Å². The van der Waals surface area contributed by atoms with Gasteiger partial charge < -0.3 is 15.4 Å². The van der Waals surface area contributed by atoms with Gasteiger partial charge in [0, 0.05) is 29.7 Å². The van der Waals surface area contributed by atoms with E-state index in [4.69, 9.17) is 4.74 Å². The maximum Gasteiger partial charge on any atom is 0.235 e. The van der Waals surface area contributed by atoms with Gasteiger partial charge in [0.1, 0.15) is 6.10 Å². The number of likely N-dealkylation sites (N-methyl/N-ethyl adjacent to an activating group) is 1. The molecule has 6 atom stereocenters. The second-order valence-corrected chi connectivity index (χ2v) is 12.8. The lowest BCUT2D eigenvalue weighted by Crippen LogP contribution is -2.65. The summed E-state index contributed by atoms with van der Waals surface area (Å²) in [4.78, 5) is 30.1. The first-order valence-corrected chi connectivity index (χ1v) is 13.1. The summed E-state index contributed by atoms with van der Waals surface area (Å²) < 4.78 is 5.66. The zero-order valence-corrected chi connectivity index (χ0v) is 21.5. The fourth-order valence-corrected chi connectivity index (χ4v) is 8.50. The van der Waals surface area contributed by atoms with Gasteiger partial charge in [0.15, 0.2) is 5.78 Å². The van der Waals surface area contributed by atoms with Crippen LogP contribution in [0.4, 0.5) is 5.69 Å². The number of hydrogen-bond donors (Lipinski definition) is 2. The molecule has 0 radical (unpaired) electrons. The first kappa shape index (κ1) is 22.7. The summed E-state index contributed by atoms with van der Waals surface area (Å²) in [5, 5.41) is 6.97. The van der Waals surface area contributed by atoms with E-state index in [1.807, 2.05) is 26.0 Å². The molecule has 6 nitrogen and oxygen atoms in total. The lowest BCUT2D eigenvalue weighted by Gasteiger charge is -2.55. The minimum atomic E-state index is -0.663. The highest BCUT2D eigenvalue weighted by atomic mass is 16.6. The lowest BCUT2D eigenvalue weighted by molar-refractivity contribution is -0.124. The van der Waals surface area contributed by atoms with Crippen molar-refractivity contribution in [2.75, 3.05) is 18.9 Å². The molecule has 1 amide bonds. The van der Waals surface area contributed by atoms with Crippen molar-refractivity contribution >= 4 is 17.4 Å². The molecule has 1 aromatic rings. The number of carbonyl (C=O) groups is 2. The summed E-state index contributed by atoms with van der Waals surface area (Å²) in [5.41, 5.74) is 0.827. The van der Waals surface area contributed by atoms with Crippen LogP contribution in [0.5, 0.6) is 0 Å². The van der Waals surface area contributed by atoms with Crippen LogP contribution in [0.15, 0.2) is 18.2 Å². The van der Waals surface area contributed by atoms with Gasteiger partial charge >= 0.3 is 0 Å². The Morgan fingerprint density at radius 3 is 2.62 bits per heavy atom. The number of benzene rings is 1. The van der Waals surface area contributed by atoms with Gasteiger partial charge in [-0.2, -0.15) is 0 Å². The van der Waals surface area contributed by atoms with Crippen LogP contribution in [0, 0.1) is 11.3 Å². The Morgan fingerprint density at radius 1 is 1.21 bits per heavy atom. The van der Waals surface area contributed by atoms with E-state index in [0.717, 1.165) is 24.9 Å². The molecule has 34 heavy (non-hydrogen) atoms. The highest BCUT2D eigenvalue weighted by molar-refractivity contribution is 6.15. The van der Waals surface area contributed by atoms with Gasteiger partial charge in [0.25, 0.3) is 0 Å². The van der Waals surface area contributed by atoms with E-state index in [2.05, 4.69) is 49.4 Å². The molecule has 1 aromatic carbocycles. The number of amides is 1.